The minimum atomic E-state index is 0.781. The van der Waals surface area contributed by atoms with E-state index in [2.05, 4.69) is 22.9 Å². The molecular formula is C8H13Br. The van der Waals surface area contributed by atoms with E-state index in [1.165, 1.54) is 24.6 Å². The van der Waals surface area contributed by atoms with Gasteiger partial charge in [0.1, 0.15) is 0 Å². The molecule has 9 heavy (non-hydrogen) atoms. The summed E-state index contributed by atoms with van der Waals surface area (Å²) < 4.78 is 0. The highest BCUT2D eigenvalue weighted by atomic mass is 79.9. The summed E-state index contributed by atoms with van der Waals surface area (Å²) in [6.07, 6.45) is 4.52. The lowest BCUT2D eigenvalue weighted by Crippen LogP contribution is -2.00. The number of alkyl halides is 1. The van der Waals surface area contributed by atoms with E-state index in [9.17, 15) is 0 Å². The van der Waals surface area contributed by atoms with Crippen molar-refractivity contribution in [3.05, 3.63) is 0 Å². The van der Waals surface area contributed by atoms with Crippen molar-refractivity contribution < 1.29 is 0 Å². The van der Waals surface area contributed by atoms with Crippen molar-refractivity contribution in [3.63, 3.8) is 0 Å². The third kappa shape index (κ3) is 0.849. The van der Waals surface area contributed by atoms with Gasteiger partial charge in [0, 0.05) is 5.33 Å². The van der Waals surface area contributed by atoms with Crippen LogP contribution in [0.25, 0.3) is 0 Å². The van der Waals surface area contributed by atoms with Crippen molar-refractivity contribution in [3.8, 4) is 0 Å². The van der Waals surface area contributed by atoms with E-state index in [-0.39, 0.29) is 0 Å². The zero-order valence-electron chi connectivity index (χ0n) is 5.86. The van der Waals surface area contributed by atoms with Crippen LogP contribution in [0.2, 0.25) is 0 Å². The molecule has 0 bridgehead atoms. The summed E-state index contributed by atoms with van der Waals surface area (Å²) in [4.78, 5) is 0. The summed E-state index contributed by atoms with van der Waals surface area (Å²) in [5.41, 5.74) is 0.781. The first-order chi connectivity index (χ1) is 4.27. The number of halogens is 1. The first-order valence-corrected chi connectivity index (χ1v) is 4.95. The minimum Gasteiger partial charge on any atom is -0.0925 e. The van der Waals surface area contributed by atoms with Crippen molar-refractivity contribution in [2.75, 3.05) is 5.33 Å². The summed E-state index contributed by atoms with van der Waals surface area (Å²) in [5, 5.41) is 1.24. The highest BCUT2D eigenvalue weighted by Gasteiger charge is 2.57. The van der Waals surface area contributed by atoms with Gasteiger partial charge in [-0.3, -0.25) is 0 Å². The van der Waals surface area contributed by atoms with Crippen LogP contribution in [0.15, 0.2) is 0 Å². The van der Waals surface area contributed by atoms with Crippen LogP contribution in [0, 0.1) is 17.3 Å². The standard InChI is InChI=1S/C8H13Br/c1-8(6-2-3-6)4-7(8)5-9/h6-7H,2-5H2,1H3. The number of hydrogen-bond donors (Lipinski definition) is 0. The molecule has 0 spiro atoms. The maximum absolute atomic E-state index is 3.55. The Morgan fingerprint density at radius 3 is 2.56 bits per heavy atom. The van der Waals surface area contributed by atoms with Crippen LogP contribution >= 0.6 is 15.9 Å². The highest BCUT2D eigenvalue weighted by Crippen LogP contribution is 2.65. The van der Waals surface area contributed by atoms with Crippen molar-refractivity contribution in [2.45, 2.75) is 26.2 Å². The molecule has 1 heteroatoms. The van der Waals surface area contributed by atoms with Crippen molar-refractivity contribution >= 4 is 15.9 Å². The largest absolute Gasteiger partial charge is 0.0925 e. The van der Waals surface area contributed by atoms with Gasteiger partial charge in [-0.25, -0.2) is 0 Å². The highest BCUT2D eigenvalue weighted by molar-refractivity contribution is 9.09. The van der Waals surface area contributed by atoms with E-state index in [1.807, 2.05) is 0 Å². The third-order valence-corrected chi connectivity index (χ3v) is 3.94. The molecule has 2 atom stereocenters. The molecule has 0 N–H and O–H groups in total. The van der Waals surface area contributed by atoms with Crippen LogP contribution < -0.4 is 0 Å². The molecule has 2 fully saturated rings. The normalized spacial score (nSPS) is 49.3. The van der Waals surface area contributed by atoms with Gasteiger partial charge < -0.3 is 0 Å². The molecule has 0 radical (unpaired) electrons. The minimum absolute atomic E-state index is 0.781. The molecular weight excluding hydrogens is 176 g/mol. The molecule has 2 aliphatic rings. The maximum atomic E-state index is 3.55. The van der Waals surface area contributed by atoms with E-state index in [1.54, 1.807) is 0 Å². The lowest BCUT2D eigenvalue weighted by Gasteiger charge is -2.05. The van der Waals surface area contributed by atoms with Gasteiger partial charge in [-0.05, 0) is 36.5 Å². The van der Waals surface area contributed by atoms with Crippen molar-refractivity contribution in [1.29, 1.82) is 0 Å². The zero-order valence-corrected chi connectivity index (χ0v) is 7.45. The lowest BCUT2D eigenvalue weighted by atomic mass is 10.0. The molecule has 0 aromatic carbocycles. The SMILES string of the molecule is CC1(C2CC2)CC1CBr. The van der Waals surface area contributed by atoms with E-state index in [0.717, 1.165) is 17.3 Å². The molecule has 2 saturated carbocycles. The molecule has 0 saturated heterocycles. The molecule has 0 aliphatic heterocycles. The van der Waals surface area contributed by atoms with Gasteiger partial charge in [0.15, 0.2) is 0 Å². The molecule has 0 heterocycles. The monoisotopic (exact) mass is 188 g/mol. The van der Waals surface area contributed by atoms with E-state index < -0.39 is 0 Å². The summed E-state index contributed by atoms with van der Waals surface area (Å²) in [6, 6.07) is 0. The van der Waals surface area contributed by atoms with Crippen LogP contribution in [-0.4, -0.2) is 5.33 Å². The Hall–Kier alpha value is 0.480. The van der Waals surface area contributed by atoms with Gasteiger partial charge >= 0.3 is 0 Å². The Bertz CT molecular complexity index is 129. The number of hydrogen-bond acceptors (Lipinski definition) is 0. The van der Waals surface area contributed by atoms with E-state index >= 15 is 0 Å². The fraction of sp³-hybridized carbons (Fsp3) is 1.00. The Morgan fingerprint density at radius 2 is 2.22 bits per heavy atom. The summed E-state index contributed by atoms with van der Waals surface area (Å²) >= 11 is 3.55. The Labute approximate surface area is 65.1 Å². The molecule has 52 valence electrons. The second kappa shape index (κ2) is 1.75. The van der Waals surface area contributed by atoms with Crippen molar-refractivity contribution in [1.82, 2.24) is 0 Å². The fourth-order valence-corrected chi connectivity index (χ4v) is 2.91. The fourth-order valence-electron chi connectivity index (χ4n) is 1.95. The molecule has 0 amide bonds. The van der Waals surface area contributed by atoms with E-state index in [4.69, 9.17) is 0 Å². The van der Waals surface area contributed by atoms with Crippen LogP contribution in [0.5, 0.6) is 0 Å². The topological polar surface area (TPSA) is 0 Å². The van der Waals surface area contributed by atoms with Crippen LogP contribution in [0.3, 0.4) is 0 Å². The van der Waals surface area contributed by atoms with Gasteiger partial charge in [0.05, 0.1) is 0 Å². The summed E-state index contributed by atoms with van der Waals surface area (Å²) in [6.45, 7) is 2.45. The first kappa shape index (κ1) is 6.21. The Balaban J connectivity index is 1.95. The first-order valence-electron chi connectivity index (χ1n) is 3.83. The van der Waals surface area contributed by atoms with Crippen LogP contribution in [0.1, 0.15) is 26.2 Å². The second-order valence-electron chi connectivity index (χ2n) is 3.84. The predicted molar refractivity (Wildman–Crippen MR) is 42.7 cm³/mol. The average molecular weight is 189 g/mol. The van der Waals surface area contributed by atoms with Gasteiger partial charge in [-0.2, -0.15) is 0 Å². The quantitative estimate of drug-likeness (QED) is 0.586. The molecule has 2 aliphatic carbocycles. The van der Waals surface area contributed by atoms with Crippen LogP contribution in [-0.2, 0) is 0 Å². The molecule has 2 unspecified atom stereocenters. The maximum Gasteiger partial charge on any atom is 0.00651 e. The third-order valence-electron chi connectivity index (χ3n) is 3.15. The van der Waals surface area contributed by atoms with Gasteiger partial charge in [0.2, 0.25) is 0 Å². The number of rotatable bonds is 2. The van der Waals surface area contributed by atoms with E-state index in [0.29, 0.717) is 0 Å². The lowest BCUT2D eigenvalue weighted by molar-refractivity contribution is 0.452. The average Bonchev–Trinajstić information content (AvgIpc) is 2.54. The summed E-state index contributed by atoms with van der Waals surface area (Å²) in [7, 11) is 0. The zero-order chi connectivity index (χ0) is 6.48. The molecule has 0 nitrogen and oxygen atoms in total. The predicted octanol–water partition coefficient (Wildman–Crippen LogP) is 2.82. The second-order valence-corrected chi connectivity index (χ2v) is 4.48. The molecule has 0 aromatic heterocycles. The van der Waals surface area contributed by atoms with Gasteiger partial charge in [0.25, 0.3) is 0 Å². The molecule has 0 aromatic rings. The van der Waals surface area contributed by atoms with Gasteiger partial charge in [-0.1, -0.05) is 22.9 Å². The van der Waals surface area contributed by atoms with Crippen LogP contribution in [0.4, 0.5) is 0 Å². The molecule has 2 rings (SSSR count). The summed E-state index contributed by atoms with van der Waals surface area (Å²) in [5.74, 6) is 2.13. The van der Waals surface area contributed by atoms with Gasteiger partial charge in [-0.15, -0.1) is 0 Å². The Morgan fingerprint density at radius 1 is 1.56 bits per heavy atom. The smallest absolute Gasteiger partial charge is 0.00651 e. The Kier molecular flexibility index (Phi) is 1.20. The van der Waals surface area contributed by atoms with Crippen molar-refractivity contribution in [2.24, 2.45) is 17.3 Å².